The summed E-state index contributed by atoms with van der Waals surface area (Å²) in [6.45, 7) is 5.14. The van der Waals surface area contributed by atoms with Crippen LogP contribution in [0.1, 0.15) is 30.8 Å². The maximum Gasteiger partial charge on any atom is 0.219 e. The number of hydrogen-bond donors (Lipinski definition) is 0. The molecule has 1 fully saturated rings. The molecule has 5 nitrogen and oxygen atoms in total. The molecule has 5 heteroatoms. The standard InChI is InChI=1S/C13H20N4O/c1-9-14-12(7-13(15-9)16(3)4)11-5-6-17(8-11)10(2)18/h7,11H,5-6,8H2,1-4H3/t11-/m1/s1. The maximum absolute atomic E-state index is 11.3. The number of hydrogen-bond acceptors (Lipinski definition) is 4. The molecule has 0 bridgehead atoms. The first-order valence-electron chi connectivity index (χ1n) is 6.26. The van der Waals surface area contributed by atoms with E-state index in [-0.39, 0.29) is 5.91 Å². The largest absolute Gasteiger partial charge is 0.363 e. The molecule has 2 rings (SSSR count). The normalized spacial score (nSPS) is 19.1. The number of carbonyl (C=O) groups is 1. The second-order valence-corrected chi connectivity index (χ2v) is 5.04. The van der Waals surface area contributed by atoms with Crippen LogP contribution < -0.4 is 4.90 Å². The smallest absolute Gasteiger partial charge is 0.219 e. The number of anilines is 1. The molecule has 1 aromatic heterocycles. The average molecular weight is 248 g/mol. The molecule has 1 saturated heterocycles. The van der Waals surface area contributed by atoms with Crippen molar-refractivity contribution in [3.8, 4) is 0 Å². The van der Waals surface area contributed by atoms with Gasteiger partial charge in [0.2, 0.25) is 5.91 Å². The fourth-order valence-electron chi connectivity index (χ4n) is 2.30. The number of amides is 1. The van der Waals surface area contributed by atoms with Crippen LogP contribution in [0.25, 0.3) is 0 Å². The summed E-state index contributed by atoms with van der Waals surface area (Å²) in [5.74, 6) is 2.21. The molecule has 1 aromatic rings. The van der Waals surface area contributed by atoms with E-state index in [1.807, 2.05) is 36.9 Å². The zero-order valence-corrected chi connectivity index (χ0v) is 11.5. The van der Waals surface area contributed by atoms with Crippen molar-refractivity contribution in [1.82, 2.24) is 14.9 Å². The Hall–Kier alpha value is -1.65. The van der Waals surface area contributed by atoms with Gasteiger partial charge in [-0.2, -0.15) is 0 Å². The Labute approximate surface area is 108 Å². The number of nitrogens with zero attached hydrogens (tertiary/aromatic N) is 4. The third kappa shape index (κ3) is 2.60. The summed E-state index contributed by atoms with van der Waals surface area (Å²) in [6.07, 6.45) is 0.989. The van der Waals surface area contributed by atoms with Crippen molar-refractivity contribution in [3.63, 3.8) is 0 Å². The maximum atomic E-state index is 11.3. The van der Waals surface area contributed by atoms with Gasteiger partial charge in [-0.25, -0.2) is 9.97 Å². The molecule has 1 aliphatic heterocycles. The lowest BCUT2D eigenvalue weighted by molar-refractivity contribution is -0.127. The topological polar surface area (TPSA) is 49.3 Å². The third-order valence-corrected chi connectivity index (χ3v) is 3.35. The summed E-state index contributed by atoms with van der Waals surface area (Å²) >= 11 is 0. The molecular formula is C13H20N4O. The van der Waals surface area contributed by atoms with Gasteiger partial charge in [-0.05, 0) is 13.3 Å². The van der Waals surface area contributed by atoms with E-state index in [2.05, 4.69) is 9.97 Å². The van der Waals surface area contributed by atoms with E-state index >= 15 is 0 Å². The minimum atomic E-state index is 0.149. The van der Waals surface area contributed by atoms with Crippen LogP contribution in [0.5, 0.6) is 0 Å². The van der Waals surface area contributed by atoms with Crippen molar-refractivity contribution in [2.45, 2.75) is 26.2 Å². The van der Waals surface area contributed by atoms with Crippen molar-refractivity contribution in [1.29, 1.82) is 0 Å². The summed E-state index contributed by atoms with van der Waals surface area (Å²) in [5.41, 5.74) is 1.05. The fourth-order valence-corrected chi connectivity index (χ4v) is 2.30. The van der Waals surface area contributed by atoms with Crippen molar-refractivity contribution in [2.24, 2.45) is 0 Å². The molecule has 0 aromatic carbocycles. The summed E-state index contributed by atoms with van der Waals surface area (Å²) in [4.78, 5) is 24.1. The van der Waals surface area contributed by atoms with E-state index in [1.165, 1.54) is 0 Å². The first-order valence-corrected chi connectivity index (χ1v) is 6.26. The van der Waals surface area contributed by atoms with Crippen LogP contribution in [0.2, 0.25) is 0 Å². The SMILES string of the molecule is CC(=O)N1CC[C@@H](c2cc(N(C)C)nc(C)n2)C1. The van der Waals surface area contributed by atoms with Gasteiger partial charge in [0.25, 0.3) is 0 Å². The summed E-state index contributed by atoms with van der Waals surface area (Å²) in [5, 5.41) is 0. The van der Waals surface area contributed by atoms with Crippen LogP contribution in [0, 0.1) is 6.92 Å². The Morgan fingerprint density at radius 1 is 1.44 bits per heavy atom. The number of rotatable bonds is 2. The van der Waals surface area contributed by atoms with Gasteiger partial charge in [-0.3, -0.25) is 4.79 Å². The van der Waals surface area contributed by atoms with Crippen molar-refractivity contribution >= 4 is 11.7 Å². The van der Waals surface area contributed by atoms with Gasteiger partial charge < -0.3 is 9.80 Å². The Balaban J connectivity index is 2.21. The molecule has 0 N–H and O–H groups in total. The lowest BCUT2D eigenvalue weighted by atomic mass is 10.0. The van der Waals surface area contributed by atoms with Gasteiger partial charge in [0.05, 0.1) is 5.69 Å². The van der Waals surface area contributed by atoms with Crippen LogP contribution in [0.15, 0.2) is 6.07 Å². The predicted octanol–water partition coefficient (Wildman–Crippen LogP) is 1.19. The van der Waals surface area contributed by atoms with E-state index in [1.54, 1.807) is 6.92 Å². The van der Waals surface area contributed by atoms with Gasteiger partial charge in [0, 0.05) is 46.1 Å². The first-order chi connectivity index (χ1) is 8.47. The number of likely N-dealkylation sites (tertiary alicyclic amines) is 1. The zero-order valence-electron chi connectivity index (χ0n) is 11.5. The molecule has 2 heterocycles. The van der Waals surface area contributed by atoms with E-state index in [0.717, 1.165) is 36.8 Å². The second-order valence-electron chi connectivity index (χ2n) is 5.04. The second kappa shape index (κ2) is 4.92. The predicted molar refractivity (Wildman–Crippen MR) is 70.7 cm³/mol. The summed E-state index contributed by atoms with van der Waals surface area (Å²) in [7, 11) is 3.95. The van der Waals surface area contributed by atoms with Crippen LogP contribution in [-0.2, 0) is 4.79 Å². The van der Waals surface area contributed by atoms with Gasteiger partial charge in [-0.1, -0.05) is 0 Å². The molecule has 0 unspecified atom stereocenters. The molecule has 98 valence electrons. The average Bonchev–Trinajstić information content (AvgIpc) is 2.77. The molecule has 1 atom stereocenters. The molecule has 1 amide bonds. The van der Waals surface area contributed by atoms with Crippen LogP contribution >= 0.6 is 0 Å². The molecule has 18 heavy (non-hydrogen) atoms. The summed E-state index contributed by atoms with van der Waals surface area (Å²) in [6, 6.07) is 2.03. The van der Waals surface area contributed by atoms with Crippen molar-refractivity contribution in [2.75, 3.05) is 32.1 Å². The molecule has 0 spiro atoms. The highest BCUT2D eigenvalue weighted by molar-refractivity contribution is 5.73. The van der Waals surface area contributed by atoms with Crippen LogP contribution in [0.4, 0.5) is 5.82 Å². The first kappa shape index (κ1) is 12.8. The highest BCUT2D eigenvalue weighted by Crippen LogP contribution is 2.27. The molecule has 0 radical (unpaired) electrons. The fraction of sp³-hybridized carbons (Fsp3) is 0.615. The zero-order chi connectivity index (χ0) is 13.3. The summed E-state index contributed by atoms with van der Waals surface area (Å²) < 4.78 is 0. The monoisotopic (exact) mass is 248 g/mol. The lowest BCUT2D eigenvalue weighted by Gasteiger charge is -2.16. The number of carbonyl (C=O) groups excluding carboxylic acids is 1. The van der Waals surface area contributed by atoms with Crippen molar-refractivity contribution < 1.29 is 4.79 Å². The number of aromatic nitrogens is 2. The van der Waals surface area contributed by atoms with Crippen LogP contribution in [0.3, 0.4) is 0 Å². The lowest BCUT2D eigenvalue weighted by Crippen LogP contribution is -2.25. The highest BCUT2D eigenvalue weighted by Gasteiger charge is 2.27. The molecular weight excluding hydrogens is 228 g/mol. The quantitative estimate of drug-likeness (QED) is 0.788. The van der Waals surface area contributed by atoms with E-state index in [0.29, 0.717) is 5.92 Å². The molecule has 0 saturated carbocycles. The van der Waals surface area contributed by atoms with Gasteiger partial charge in [-0.15, -0.1) is 0 Å². The number of aryl methyl sites for hydroxylation is 1. The van der Waals surface area contributed by atoms with Crippen LogP contribution in [-0.4, -0.2) is 48.0 Å². The highest BCUT2D eigenvalue weighted by atomic mass is 16.2. The Kier molecular flexibility index (Phi) is 3.50. The van der Waals surface area contributed by atoms with E-state index in [9.17, 15) is 4.79 Å². The van der Waals surface area contributed by atoms with E-state index in [4.69, 9.17) is 0 Å². The van der Waals surface area contributed by atoms with Gasteiger partial charge in [0.15, 0.2) is 0 Å². The molecule has 1 aliphatic rings. The van der Waals surface area contributed by atoms with E-state index < -0.39 is 0 Å². The van der Waals surface area contributed by atoms with Gasteiger partial charge in [0.1, 0.15) is 11.6 Å². The third-order valence-electron chi connectivity index (χ3n) is 3.35. The minimum Gasteiger partial charge on any atom is -0.363 e. The Morgan fingerprint density at radius 3 is 2.72 bits per heavy atom. The van der Waals surface area contributed by atoms with Gasteiger partial charge >= 0.3 is 0 Å². The van der Waals surface area contributed by atoms with Crippen molar-refractivity contribution in [3.05, 3.63) is 17.6 Å². The Morgan fingerprint density at radius 2 is 2.17 bits per heavy atom. The minimum absolute atomic E-state index is 0.149. The molecule has 0 aliphatic carbocycles. The Bertz CT molecular complexity index is 458.